The van der Waals surface area contributed by atoms with Gasteiger partial charge in [-0.3, -0.25) is 4.98 Å². The summed E-state index contributed by atoms with van der Waals surface area (Å²) in [5.74, 6) is -3.43. The van der Waals surface area contributed by atoms with Crippen LogP contribution >= 0.6 is 0 Å². The minimum atomic E-state index is -4.62. The van der Waals surface area contributed by atoms with Crippen molar-refractivity contribution in [2.75, 3.05) is 11.9 Å². The highest BCUT2D eigenvalue weighted by Crippen LogP contribution is 2.25. The number of pyridine rings is 1. The first-order chi connectivity index (χ1) is 10.4. The first kappa shape index (κ1) is 16.4. The number of hydrogen-bond acceptors (Lipinski definition) is 4. The third kappa shape index (κ3) is 3.79. The number of para-hydroxylation sites is 1. The summed E-state index contributed by atoms with van der Waals surface area (Å²) in [6, 6.07) is 9.47. The zero-order valence-corrected chi connectivity index (χ0v) is 12.8. The fraction of sp³-hybridized carbons (Fsp3) is 0.267. The van der Waals surface area contributed by atoms with Gasteiger partial charge in [-0.1, -0.05) is 18.2 Å². The monoisotopic (exact) mass is 326 g/mol. The second kappa shape index (κ2) is 6.83. The molecule has 22 heavy (non-hydrogen) atoms. The van der Waals surface area contributed by atoms with E-state index in [0.717, 1.165) is 11.3 Å². The lowest BCUT2D eigenvalue weighted by molar-refractivity contribution is 0.235. The lowest BCUT2D eigenvalue weighted by atomic mass is 10.2. The van der Waals surface area contributed by atoms with E-state index in [1.54, 1.807) is 12.3 Å². The Morgan fingerprint density at radius 2 is 1.91 bits per heavy atom. The molecule has 0 atom stereocenters. The third-order valence-corrected chi connectivity index (χ3v) is 4.57. The molecule has 0 unspecified atom stereocenters. The van der Waals surface area contributed by atoms with Gasteiger partial charge in [-0.05, 0) is 37.1 Å². The lowest BCUT2D eigenvalue weighted by Crippen LogP contribution is -2.15. The van der Waals surface area contributed by atoms with Gasteiger partial charge in [-0.15, -0.1) is 0 Å². The van der Waals surface area contributed by atoms with Crippen molar-refractivity contribution in [3.8, 4) is 0 Å². The Hall–Kier alpha value is -2.02. The van der Waals surface area contributed by atoms with Crippen molar-refractivity contribution in [1.82, 2.24) is 4.98 Å². The Bertz CT molecular complexity index is 731. The van der Waals surface area contributed by atoms with Gasteiger partial charge in [0.05, 0.1) is 10.6 Å². The second-order valence-electron chi connectivity index (χ2n) is 4.79. The Labute approximate surface area is 128 Å². The molecule has 0 aliphatic heterocycles. The molecule has 2 aromatic rings. The molecule has 0 amide bonds. The average Bonchev–Trinajstić information content (AvgIpc) is 2.49. The van der Waals surface area contributed by atoms with Crippen molar-refractivity contribution in [2.24, 2.45) is 0 Å². The van der Waals surface area contributed by atoms with Gasteiger partial charge in [-0.25, -0.2) is 8.42 Å². The Morgan fingerprint density at radius 1 is 1.18 bits per heavy atom. The first-order valence-corrected chi connectivity index (χ1v) is 8.22. The molecule has 1 heterocycles. The maximum absolute atomic E-state index is 12.7. The highest BCUT2D eigenvalue weighted by molar-refractivity contribution is 7.91. The van der Waals surface area contributed by atoms with Crippen LogP contribution in [0.5, 0.6) is 0 Å². The summed E-state index contributed by atoms with van der Waals surface area (Å²) in [6.07, 6.45) is 2.34. The number of nitrogens with one attached hydrogen (secondary N) is 1. The molecule has 1 aromatic heterocycles. The van der Waals surface area contributed by atoms with Crippen molar-refractivity contribution in [1.29, 1.82) is 0 Å². The molecule has 0 spiro atoms. The summed E-state index contributed by atoms with van der Waals surface area (Å²) >= 11 is 0. The van der Waals surface area contributed by atoms with E-state index in [0.29, 0.717) is 13.0 Å². The van der Waals surface area contributed by atoms with Crippen LogP contribution in [0.3, 0.4) is 0 Å². The molecule has 1 N–H and O–H groups in total. The van der Waals surface area contributed by atoms with Crippen molar-refractivity contribution in [3.63, 3.8) is 0 Å². The van der Waals surface area contributed by atoms with Gasteiger partial charge in [0.2, 0.25) is 9.84 Å². The Kier molecular flexibility index (Phi) is 5.07. The standard InChI is InChI=1S/C15H16F2N2O2S/c1-11-6-7-12(10-19-11)8-9-18-13-4-2-3-5-14(13)22(20,21)15(16)17/h2-7,10,15,18H,8-9H2,1H3. The molecule has 0 aliphatic carbocycles. The maximum Gasteiger partial charge on any atom is 0.341 e. The molecular weight excluding hydrogens is 310 g/mol. The van der Waals surface area contributed by atoms with Crippen LogP contribution in [0.1, 0.15) is 11.3 Å². The van der Waals surface area contributed by atoms with Crippen molar-refractivity contribution >= 4 is 15.5 Å². The number of aromatic nitrogens is 1. The summed E-state index contributed by atoms with van der Waals surface area (Å²) in [5.41, 5.74) is 2.07. The number of benzene rings is 1. The van der Waals surface area contributed by atoms with Crippen molar-refractivity contribution < 1.29 is 17.2 Å². The predicted molar refractivity (Wildman–Crippen MR) is 80.8 cm³/mol. The maximum atomic E-state index is 12.7. The SMILES string of the molecule is Cc1ccc(CCNc2ccccc2S(=O)(=O)C(F)F)cn1. The number of halogens is 2. The fourth-order valence-electron chi connectivity index (χ4n) is 1.94. The first-order valence-electron chi connectivity index (χ1n) is 6.68. The summed E-state index contributed by atoms with van der Waals surface area (Å²) in [4.78, 5) is 3.78. The van der Waals surface area contributed by atoms with Crippen LogP contribution in [0.25, 0.3) is 0 Å². The van der Waals surface area contributed by atoms with E-state index in [2.05, 4.69) is 10.3 Å². The van der Waals surface area contributed by atoms with Crippen LogP contribution in [0.2, 0.25) is 0 Å². The number of anilines is 1. The Balaban J connectivity index is 2.09. The minimum absolute atomic E-state index is 0.183. The highest BCUT2D eigenvalue weighted by Gasteiger charge is 2.28. The predicted octanol–water partition coefficient (Wildman–Crippen LogP) is 3.04. The number of nitrogens with zero attached hydrogens (tertiary/aromatic N) is 1. The quantitative estimate of drug-likeness (QED) is 0.886. The lowest BCUT2D eigenvalue weighted by Gasteiger charge is -2.12. The molecule has 0 bridgehead atoms. The van der Waals surface area contributed by atoms with Gasteiger partial charge in [-0.2, -0.15) is 8.78 Å². The minimum Gasteiger partial charge on any atom is -0.384 e. The molecule has 0 saturated carbocycles. The summed E-state index contributed by atoms with van der Waals surface area (Å²) in [6.45, 7) is 2.30. The van der Waals surface area contributed by atoms with Crippen molar-refractivity contribution in [3.05, 3.63) is 53.9 Å². The zero-order chi connectivity index (χ0) is 16.2. The largest absolute Gasteiger partial charge is 0.384 e. The highest BCUT2D eigenvalue weighted by atomic mass is 32.2. The Morgan fingerprint density at radius 3 is 2.55 bits per heavy atom. The van der Waals surface area contributed by atoms with E-state index in [1.165, 1.54) is 18.2 Å². The molecule has 0 aliphatic rings. The van der Waals surface area contributed by atoms with Crippen LogP contribution in [0, 0.1) is 6.92 Å². The van der Waals surface area contributed by atoms with E-state index in [1.807, 2.05) is 19.1 Å². The fourth-order valence-corrected chi connectivity index (χ4v) is 2.85. The van der Waals surface area contributed by atoms with E-state index in [-0.39, 0.29) is 10.6 Å². The normalized spacial score (nSPS) is 11.6. The third-order valence-electron chi connectivity index (χ3n) is 3.13. The molecule has 118 valence electrons. The number of hydrogen-bond donors (Lipinski definition) is 1. The average molecular weight is 326 g/mol. The van der Waals surface area contributed by atoms with Gasteiger partial charge in [0.15, 0.2) is 0 Å². The van der Waals surface area contributed by atoms with E-state index < -0.39 is 15.6 Å². The van der Waals surface area contributed by atoms with Crippen LogP contribution in [-0.2, 0) is 16.3 Å². The molecule has 4 nitrogen and oxygen atoms in total. The molecule has 1 aromatic carbocycles. The van der Waals surface area contributed by atoms with Crippen LogP contribution in [0.15, 0.2) is 47.5 Å². The van der Waals surface area contributed by atoms with Gasteiger partial charge < -0.3 is 5.32 Å². The van der Waals surface area contributed by atoms with Crippen molar-refractivity contribution in [2.45, 2.75) is 24.0 Å². The topological polar surface area (TPSA) is 59.1 Å². The molecule has 0 fully saturated rings. The van der Waals surface area contributed by atoms with E-state index in [9.17, 15) is 17.2 Å². The zero-order valence-electron chi connectivity index (χ0n) is 12.0. The van der Waals surface area contributed by atoms with Gasteiger partial charge in [0.1, 0.15) is 0 Å². The summed E-state index contributed by atoms with van der Waals surface area (Å²) in [7, 11) is -4.62. The molecular formula is C15H16F2N2O2S. The molecule has 2 rings (SSSR count). The van der Waals surface area contributed by atoms with E-state index in [4.69, 9.17) is 0 Å². The van der Waals surface area contributed by atoms with Gasteiger partial charge in [0.25, 0.3) is 0 Å². The number of alkyl halides is 2. The second-order valence-corrected chi connectivity index (χ2v) is 6.67. The molecule has 0 saturated heterocycles. The van der Waals surface area contributed by atoms with Crippen LogP contribution in [-0.4, -0.2) is 25.7 Å². The summed E-state index contributed by atoms with van der Waals surface area (Å²) in [5, 5.41) is 2.90. The molecule has 0 radical (unpaired) electrons. The van der Waals surface area contributed by atoms with Crippen LogP contribution in [0.4, 0.5) is 14.5 Å². The molecule has 7 heteroatoms. The summed E-state index contributed by atoms with van der Waals surface area (Å²) < 4.78 is 48.6. The number of aryl methyl sites for hydroxylation is 1. The van der Waals surface area contributed by atoms with Gasteiger partial charge in [0, 0.05) is 18.4 Å². The van der Waals surface area contributed by atoms with Gasteiger partial charge >= 0.3 is 5.76 Å². The van der Waals surface area contributed by atoms with E-state index >= 15 is 0 Å². The number of sulfone groups is 1. The number of rotatable bonds is 6. The van der Waals surface area contributed by atoms with Crippen LogP contribution < -0.4 is 5.32 Å². The smallest absolute Gasteiger partial charge is 0.341 e.